The van der Waals surface area contributed by atoms with Crippen LogP contribution in [0.3, 0.4) is 0 Å². The van der Waals surface area contributed by atoms with E-state index in [4.69, 9.17) is 5.73 Å². The molecule has 4 saturated carbocycles. The Balaban J connectivity index is 0.000000902. The summed E-state index contributed by atoms with van der Waals surface area (Å²) in [6.45, 7) is 0. The van der Waals surface area contributed by atoms with Gasteiger partial charge in [0, 0.05) is 5.41 Å². The van der Waals surface area contributed by atoms with Gasteiger partial charge in [0.25, 0.3) is 0 Å². The summed E-state index contributed by atoms with van der Waals surface area (Å²) in [5.41, 5.74) is 6.12. The summed E-state index contributed by atoms with van der Waals surface area (Å²) >= 11 is 1.63. The summed E-state index contributed by atoms with van der Waals surface area (Å²) in [6.07, 6.45) is 8.50. The summed E-state index contributed by atoms with van der Waals surface area (Å²) < 4.78 is 0. The molecule has 0 saturated heterocycles. The van der Waals surface area contributed by atoms with Crippen molar-refractivity contribution in [3.05, 3.63) is 5.01 Å². The lowest BCUT2D eigenvalue weighted by atomic mass is 9.50. The molecule has 4 aliphatic rings. The molecule has 4 bridgehead atoms. The molecule has 4 aliphatic carbocycles. The van der Waals surface area contributed by atoms with Crippen LogP contribution >= 0.6 is 23.7 Å². The molecule has 0 atom stereocenters. The normalized spacial score (nSPS) is 42.5. The van der Waals surface area contributed by atoms with Crippen molar-refractivity contribution in [2.75, 3.05) is 5.73 Å². The van der Waals surface area contributed by atoms with Crippen molar-refractivity contribution in [1.29, 1.82) is 0 Å². The van der Waals surface area contributed by atoms with Crippen molar-refractivity contribution in [2.24, 2.45) is 17.8 Å². The zero-order chi connectivity index (χ0) is 10.8. The number of aromatic nitrogens is 2. The van der Waals surface area contributed by atoms with Crippen LogP contribution < -0.4 is 5.73 Å². The summed E-state index contributed by atoms with van der Waals surface area (Å²) in [7, 11) is 0. The second kappa shape index (κ2) is 3.82. The van der Waals surface area contributed by atoms with Gasteiger partial charge in [0.05, 0.1) is 0 Å². The Morgan fingerprint density at radius 3 is 1.94 bits per heavy atom. The molecule has 94 valence electrons. The average Bonchev–Trinajstić information content (AvgIpc) is 2.63. The fourth-order valence-electron chi connectivity index (χ4n) is 4.82. The molecule has 0 spiro atoms. The predicted octanol–water partition coefficient (Wildman–Crippen LogP) is 3.01. The number of nitrogens with two attached hydrogens (primary N) is 1. The van der Waals surface area contributed by atoms with Gasteiger partial charge in [-0.25, -0.2) is 0 Å². The summed E-state index contributed by atoms with van der Waals surface area (Å²) in [4.78, 5) is 0. The van der Waals surface area contributed by atoms with Crippen molar-refractivity contribution in [3.8, 4) is 0 Å². The van der Waals surface area contributed by atoms with E-state index in [0.29, 0.717) is 10.5 Å². The maximum absolute atomic E-state index is 5.74. The number of halogens is 1. The zero-order valence-corrected chi connectivity index (χ0v) is 11.4. The van der Waals surface area contributed by atoms with Crippen LogP contribution in [0.5, 0.6) is 0 Å². The van der Waals surface area contributed by atoms with Crippen LogP contribution in [0.1, 0.15) is 43.5 Å². The maximum Gasteiger partial charge on any atom is 0.203 e. The van der Waals surface area contributed by atoms with Gasteiger partial charge in [-0.3, -0.25) is 0 Å². The third-order valence-electron chi connectivity index (χ3n) is 4.93. The number of hydrogen-bond acceptors (Lipinski definition) is 4. The number of nitrogens with zero attached hydrogens (tertiary/aromatic N) is 2. The molecule has 2 N–H and O–H groups in total. The molecule has 3 nitrogen and oxygen atoms in total. The van der Waals surface area contributed by atoms with Crippen LogP contribution in [0.15, 0.2) is 0 Å². The van der Waals surface area contributed by atoms with Crippen molar-refractivity contribution < 1.29 is 0 Å². The Bertz CT molecular complexity index is 396. The monoisotopic (exact) mass is 271 g/mol. The van der Waals surface area contributed by atoms with Gasteiger partial charge in [-0.15, -0.1) is 22.6 Å². The van der Waals surface area contributed by atoms with Gasteiger partial charge in [0.1, 0.15) is 5.01 Å². The number of hydrogen-bond donors (Lipinski definition) is 1. The van der Waals surface area contributed by atoms with Crippen molar-refractivity contribution in [2.45, 2.75) is 43.9 Å². The van der Waals surface area contributed by atoms with E-state index in [2.05, 4.69) is 10.2 Å². The lowest BCUT2D eigenvalue weighted by Crippen LogP contribution is -2.48. The molecule has 5 heteroatoms. The first-order chi connectivity index (χ1) is 7.73. The van der Waals surface area contributed by atoms with E-state index in [1.165, 1.54) is 43.5 Å². The van der Waals surface area contributed by atoms with Gasteiger partial charge in [-0.1, -0.05) is 11.3 Å². The standard InChI is InChI=1S/C12H17N3S.ClH/c13-11-15-14-10(16-11)12-4-7-1-8(5-12)3-9(2-7)6-12;/h7-9H,1-6H2,(H2,13,15);1H. The summed E-state index contributed by atoms with van der Waals surface area (Å²) in [5, 5.41) is 10.3. The van der Waals surface area contributed by atoms with Crippen LogP contribution in [-0.4, -0.2) is 10.2 Å². The molecule has 0 aliphatic heterocycles. The molecule has 17 heavy (non-hydrogen) atoms. The SMILES string of the molecule is Cl.Nc1nnc(C23CC4CC(CC(C4)C2)C3)s1. The third kappa shape index (κ3) is 1.68. The first-order valence-corrected chi connectivity index (χ1v) is 7.15. The molecule has 0 radical (unpaired) electrons. The molecule has 4 fully saturated rings. The fraction of sp³-hybridized carbons (Fsp3) is 0.833. The Kier molecular flexibility index (Phi) is 2.63. The second-order valence-electron chi connectivity index (χ2n) is 6.14. The van der Waals surface area contributed by atoms with Crippen molar-refractivity contribution in [3.63, 3.8) is 0 Å². The van der Waals surface area contributed by atoms with Gasteiger partial charge < -0.3 is 5.73 Å². The molecule has 5 rings (SSSR count). The van der Waals surface area contributed by atoms with E-state index < -0.39 is 0 Å². The van der Waals surface area contributed by atoms with Gasteiger partial charge in [-0.2, -0.15) is 0 Å². The molecule has 1 heterocycles. The lowest BCUT2D eigenvalue weighted by molar-refractivity contribution is -0.00555. The highest BCUT2D eigenvalue weighted by atomic mass is 35.5. The highest BCUT2D eigenvalue weighted by molar-refractivity contribution is 7.15. The second-order valence-corrected chi connectivity index (χ2v) is 7.15. The third-order valence-corrected chi connectivity index (χ3v) is 5.93. The lowest BCUT2D eigenvalue weighted by Gasteiger charge is -2.55. The molecule has 0 amide bonds. The topological polar surface area (TPSA) is 51.8 Å². The Morgan fingerprint density at radius 2 is 1.53 bits per heavy atom. The first kappa shape index (κ1) is 11.7. The predicted molar refractivity (Wildman–Crippen MR) is 71.4 cm³/mol. The molecule has 0 aromatic carbocycles. The van der Waals surface area contributed by atoms with E-state index in [9.17, 15) is 0 Å². The Morgan fingerprint density at radius 1 is 1.00 bits per heavy atom. The highest BCUT2D eigenvalue weighted by Gasteiger charge is 2.53. The van der Waals surface area contributed by atoms with Crippen LogP contribution in [0.4, 0.5) is 5.13 Å². The number of rotatable bonds is 1. The molecule has 1 aromatic rings. The van der Waals surface area contributed by atoms with Crippen molar-refractivity contribution >= 4 is 28.9 Å². The maximum atomic E-state index is 5.74. The van der Waals surface area contributed by atoms with Crippen LogP contribution in [0, 0.1) is 17.8 Å². The van der Waals surface area contributed by atoms with E-state index in [0.717, 1.165) is 17.8 Å². The van der Waals surface area contributed by atoms with E-state index >= 15 is 0 Å². The minimum Gasteiger partial charge on any atom is -0.374 e. The summed E-state index contributed by atoms with van der Waals surface area (Å²) in [5.74, 6) is 2.91. The summed E-state index contributed by atoms with van der Waals surface area (Å²) in [6, 6.07) is 0. The van der Waals surface area contributed by atoms with Gasteiger partial charge in [-0.05, 0) is 56.3 Å². The van der Waals surface area contributed by atoms with E-state index in [-0.39, 0.29) is 12.4 Å². The first-order valence-electron chi connectivity index (χ1n) is 6.33. The highest BCUT2D eigenvalue weighted by Crippen LogP contribution is 2.61. The van der Waals surface area contributed by atoms with Crippen LogP contribution in [0.25, 0.3) is 0 Å². The van der Waals surface area contributed by atoms with Crippen LogP contribution in [0.2, 0.25) is 0 Å². The number of nitrogen functional groups attached to an aromatic ring is 1. The van der Waals surface area contributed by atoms with Gasteiger partial charge in [0.15, 0.2) is 0 Å². The molecule has 1 aromatic heterocycles. The number of anilines is 1. The zero-order valence-electron chi connectivity index (χ0n) is 9.76. The minimum atomic E-state index is 0. The quantitative estimate of drug-likeness (QED) is 0.854. The molecular formula is C12H18ClN3S. The minimum absolute atomic E-state index is 0. The van der Waals surface area contributed by atoms with E-state index in [1.807, 2.05) is 0 Å². The smallest absolute Gasteiger partial charge is 0.203 e. The van der Waals surface area contributed by atoms with E-state index in [1.54, 1.807) is 11.3 Å². The fourth-order valence-corrected chi connectivity index (χ4v) is 5.65. The molecular weight excluding hydrogens is 254 g/mol. The molecule has 0 unspecified atom stereocenters. The average molecular weight is 272 g/mol. The van der Waals surface area contributed by atoms with Crippen LogP contribution in [-0.2, 0) is 5.41 Å². The van der Waals surface area contributed by atoms with Crippen molar-refractivity contribution in [1.82, 2.24) is 10.2 Å². The largest absolute Gasteiger partial charge is 0.374 e. The Hall–Kier alpha value is -0.350. The van der Waals surface area contributed by atoms with Gasteiger partial charge >= 0.3 is 0 Å². The van der Waals surface area contributed by atoms with Gasteiger partial charge in [0.2, 0.25) is 5.13 Å². The Labute approximate surface area is 112 Å².